The summed E-state index contributed by atoms with van der Waals surface area (Å²) >= 11 is 1.59. The summed E-state index contributed by atoms with van der Waals surface area (Å²) in [5.41, 5.74) is 6.89. The number of hydrogen-bond donors (Lipinski definition) is 3. The third kappa shape index (κ3) is 7.62. The molecule has 27 heavy (non-hydrogen) atoms. The van der Waals surface area contributed by atoms with E-state index < -0.39 is 16.1 Å². The predicted octanol–water partition coefficient (Wildman–Crippen LogP) is 2.20. The van der Waals surface area contributed by atoms with Gasteiger partial charge in [0.2, 0.25) is 15.9 Å². The molecule has 4 N–H and O–H groups in total. The maximum Gasteiger partial charge on any atom is 0.241 e. The van der Waals surface area contributed by atoms with Gasteiger partial charge >= 0.3 is 0 Å². The summed E-state index contributed by atoms with van der Waals surface area (Å²) in [5.74, 6) is 0.444. The van der Waals surface area contributed by atoms with Crippen LogP contribution in [0.5, 0.6) is 0 Å². The number of nitrogens with two attached hydrogens (primary N) is 1. The lowest BCUT2D eigenvalue weighted by Gasteiger charge is -2.28. The summed E-state index contributed by atoms with van der Waals surface area (Å²) in [6.07, 6.45) is 5.83. The fraction of sp³-hybridized carbons (Fsp3) is 0.611. The average molecular weight is 436 g/mol. The fourth-order valence-electron chi connectivity index (χ4n) is 3.02. The van der Waals surface area contributed by atoms with E-state index in [4.69, 9.17) is 5.73 Å². The van der Waals surface area contributed by atoms with Crippen molar-refractivity contribution in [3.05, 3.63) is 29.8 Å². The Morgan fingerprint density at radius 1 is 1.22 bits per heavy atom. The molecule has 0 bridgehead atoms. The molecule has 1 amide bonds. The zero-order chi connectivity index (χ0) is 19.2. The SMILES string of the molecule is CSCCC(NS(=O)(=O)c1ccc(C)cc1)C(=O)NC1CCC(N)CC1.Cl. The molecular weight excluding hydrogens is 406 g/mol. The van der Waals surface area contributed by atoms with Gasteiger partial charge in [0, 0.05) is 12.1 Å². The van der Waals surface area contributed by atoms with Gasteiger partial charge in [-0.2, -0.15) is 16.5 Å². The van der Waals surface area contributed by atoms with Crippen molar-refractivity contribution in [3.63, 3.8) is 0 Å². The number of nitrogens with one attached hydrogen (secondary N) is 2. The number of hydrogen-bond acceptors (Lipinski definition) is 5. The summed E-state index contributed by atoms with van der Waals surface area (Å²) in [7, 11) is -3.74. The molecule has 0 aliphatic heterocycles. The topological polar surface area (TPSA) is 101 Å². The molecule has 1 aromatic rings. The summed E-state index contributed by atoms with van der Waals surface area (Å²) in [6.45, 7) is 1.90. The van der Waals surface area contributed by atoms with E-state index in [2.05, 4.69) is 10.0 Å². The second-order valence-electron chi connectivity index (χ2n) is 6.89. The van der Waals surface area contributed by atoms with Crippen molar-refractivity contribution in [2.75, 3.05) is 12.0 Å². The Morgan fingerprint density at radius 2 is 1.81 bits per heavy atom. The third-order valence-electron chi connectivity index (χ3n) is 4.67. The molecule has 1 unspecified atom stereocenters. The number of carbonyl (C=O) groups excluding carboxylic acids is 1. The molecule has 1 fully saturated rings. The van der Waals surface area contributed by atoms with Crippen LogP contribution in [0.4, 0.5) is 0 Å². The van der Waals surface area contributed by atoms with E-state index in [1.54, 1.807) is 36.0 Å². The third-order valence-corrected chi connectivity index (χ3v) is 6.81. The van der Waals surface area contributed by atoms with Gasteiger partial charge in [0.25, 0.3) is 0 Å². The Morgan fingerprint density at radius 3 is 2.37 bits per heavy atom. The van der Waals surface area contributed by atoms with Crippen molar-refractivity contribution in [1.82, 2.24) is 10.0 Å². The standard InChI is InChI=1S/C18H29N3O3S2.ClH/c1-13-3-9-16(10-4-13)26(23,24)21-17(11-12-25-2)18(22)20-15-7-5-14(19)6-8-15;/h3-4,9-10,14-15,17,21H,5-8,11-12,19H2,1-2H3,(H,20,22);1H. The highest BCUT2D eigenvalue weighted by atomic mass is 35.5. The van der Waals surface area contributed by atoms with Gasteiger partial charge < -0.3 is 11.1 Å². The van der Waals surface area contributed by atoms with Crippen LogP contribution in [-0.2, 0) is 14.8 Å². The molecular formula is C18H30ClN3O3S2. The highest BCUT2D eigenvalue weighted by molar-refractivity contribution is 7.98. The van der Waals surface area contributed by atoms with E-state index in [1.807, 2.05) is 13.2 Å². The summed E-state index contributed by atoms with van der Waals surface area (Å²) < 4.78 is 27.9. The molecule has 1 atom stereocenters. The van der Waals surface area contributed by atoms with Gasteiger partial charge in [-0.15, -0.1) is 12.4 Å². The first-order valence-corrected chi connectivity index (χ1v) is 11.8. The molecule has 1 aliphatic rings. The molecule has 0 heterocycles. The number of thioether (sulfide) groups is 1. The molecule has 1 aromatic carbocycles. The highest BCUT2D eigenvalue weighted by Crippen LogP contribution is 2.18. The lowest BCUT2D eigenvalue weighted by atomic mass is 9.91. The normalized spacial score (nSPS) is 21.1. The van der Waals surface area contributed by atoms with Crippen molar-refractivity contribution in [2.24, 2.45) is 5.73 Å². The molecule has 1 aliphatic carbocycles. The van der Waals surface area contributed by atoms with Crippen LogP contribution in [0.3, 0.4) is 0 Å². The first kappa shape index (κ1) is 24.2. The Balaban J connectivity index is 0.00000364. The molecule has 0 aromatic heterocycles. The van der Waals surface area contributed by atoms with Gasteiger partial charge in [0.05, 0.1) is 4.90 Å². The summed E-state index contributed by atoms with van der Waals surface area (Å²) in [6, 6.07) is 6.11. The summed E-state index contributed by atoms with van der Waals surface area (Å²) in [5, 5.41) is 3.00. The zero-order valence-corrected chi connectivity index (χ0v) is 18.3. The monoisotopic (exact) mass is 435 g/mol. The Hall–Kier alpha value is -0.800. The van der Waals surface area contributed by atoms with Gasteiger partial charge in [-0.05, 0) is 63.2 Å². The quantitative estimate of drug-likeness (QED) is 0.581. The zero-order valence-electron chi connectivity index (χ0n) is 15.8. The van der Waals surface area contributed by atoms with E-state index in [1.165, 1.54) is 0 Å². The van der Waals surface area contributed by atoms with Gasteiger partial charge in [-0.25, -0.2) is 8.42 Å². The van der Waals surface area contributed by atoms with Crippen molar-refractivity contribution >= 4 is 40.1 Å². The van der Waals surface area contributed by atoms with Gasteiger partial charge in [0.1, 0.15) is 6.04 Å². The largest absolute Gasteiger partial charge is 0.352 e. The number of rotatable bonds is 8. The lowest BCUT2D eigenvalue weighted by Crippen LogP contribution is -2.51. The second-order valence-corrected chi connectivity index (χ2v) is 9.59. The Labute approximate surface area is 172 Å². The number of sulfonamides is 1. The van der Waals surface area contributed by atoms with Crippen LogP contribution in [0.25, 0.3) is 0 Å². The van der Waals surface area contributed by atoms with Crippen molar-refractivity contribution < 1.29 is 13.2 Å². The van der Waals surface area contributed by atoms with Crippen LogP contribution in [0, 0.1) is 6.92 Å². The van der Waals surface area contributed by atoms with E-state index in [0.29, 0.717) is 12.2 Å². The molecule has 154 valence electrons. The first-order valence-electron chi connectivity index (χ1n) is 8.95. The maximum absolute atomic E-state index is 12.7. The molecule has 2 rings (SSSR count). The molecule has 6 nitrogen and oxygen atoms in total. The van der Waals surface area contributed by atoms with Crippen molar-refractivity contribution in [1.29, 1.82) is 0 Å². The van der Waals surface area contributed by atoms with Crippen LogP contribution >= 0.6 is 24.2 Å². The average Bonchev–Trinajstić information content (AvgIpc) is 2.61. The minimum Gasteiger partial charge on any atom is -0.352 e. The molecule has 0 radical (unpaired) electrons. The van der Waals surface area contributed by atoms with Crippen molar-refractivity contribution in [3.8, 4) is 0 Å². The van der Waals surface area contributed by atoms with Gasteiger partial charge in [0.15, 0.2) is 0 Å². The lowest BCUT2D eigenvalue weighted by molar-refractivity contribution is -0.123. The van der Waals surface area contributed by atoms with Crippen LogP contribution in [0.2, 0.25) is 0 Å². The van der Waals surface area contributed by atoms with Crippen molar-refractivity contribution in [2.45, 2.75) is 62.0 Å². The van der Waals surface area contributed by atoms with Gasteiger partial charge in [-0.3, -0.25) is 4.79 Å². The fourth-order valence-corrected chi connectivity index (χ4v) is 4.72. The predicted molar refractivity (Wildman–Crippen MR) is 114 cm³/mol. The van der Waals surface area contributed by atoms with Crippen LogP contribution < -0.4 is 15.8 Å². The van der Waals surface area contributed by atoms with E-state index in [0.717, 1.165) is 31.2 Å². The van der Waals surface area contributed by atoms with Crippen LogP contribution in [0.15, 0.2) is 29.2 Å². The van der Waals surface area contributed by atoms with Crippen LogP contribution in [0.1, 0.15) is 37.7 Å². The minimum absolute atomic E-state index is 0. The Kier molecular flexibility index (Phi) is 10.1. The number of carbonyl (C=O) groups is 1. The first-order chi connectivity index (χ1) is 12.3. The van der Waals surface area contributed by atoms with E-state index >= 15 is 0 Å². The summed E-state index contributed by atoms with van der Waals surface area (Å²) in [4.78, 5) is 12.9. The number of amides is 1. The minimum atomic E-state index is -3.74. The van der Waals surface area contributed by atoms with E-state index in [-0.39, 0.29) is 35.3 Å². The number of benzene rings is 1. The van der Waals surface area contributed by atoms with Gasteiger partial charge in [-0.1, -0.05) is 17.7 Å². The molecule has 9 heteroatoms. The molecule has 1 saturated carbocycles. The number of aryl methyl sites for hydroxylation is 1. The Bertz CT molecular complexity index is 690. The second kappa shape index (κ2) is 11.3. The van der Waals surface area contributed by atoms with E-state index in [9.17, 15) is 13.2 Å². The smallest absolute Gasteiger partial charge is 0.241 e. The molecule has 0 saturated heterocycles. The maximum atomic E-state index is 12.7. The highest BCUT2D eigenvalue weighted by Gasteiger charge is 2.28. The molecule has 0 spiro atoms. The van der Waals surface area contributed by atoms with Crippen LogP contribution in [-0.4, -0.2) is 44.5 Å². The number of halogens is 1.